The molecule has 94 valence electrons. The van der Waals surface area contributed by atoms with Gasteiger partial charge in [0.05, 0.1) is 6.61 Å². The first-order valence-electron chi connectivity index (χ1n) is 5.93. The van der Waals surface area contributed by atoms with Crippen LogP contribution in [0.25, 0.3) is 0 Å². The number of benzene rings is 1. The minimum absolute atomic E-state index is 0.0378. The van der Waals surface area contributed by atoms with Crippen molar-refractivity contribution < 1.29 is 9.53 Å². The highest BCUT2D eigenvalue weighted by Crippen LogP contribution is 2.11. The van der Waals surface area contributed by atoms with Crippen LogP contribution in [0.5, 0.6) is 5.75 Å². The highest BCUT2D eigenvalue weighted by molar-refractivity contribution is 5.94. The van der Waals surface area contributed by atoms with Gasteiger partial charge >= 0.3 is 0 Å². The average molecular weight is 236 g/mol. The van der Waals surface area contributed by atoms with Gasteiger partial charge in [0.15, 0.2) is 0 Å². The van der Waals surface area contributed by atoms with Gasteiger partial charge in [-0.1, -0.05) is 0 Å². The van der Waals surface area contributed by atoms with Crippen LogP contribution in [0.15, 0.2) is 24.3 Å². The Bertz CT molecular complexity index is 336. The van der Waals surface area contributed by atoms with Gasteiger partial charge in [-0.05, 0) is 51.2 Å². The van der Waals surface area contributed by atoms with E-state index in [9.17, 15) is 4.79 Å². The maximum absolute atomic E-state index is 11.7. The molecule has 0 unspecified atom stereocenters. The molecule has 0 aliphatic heterocycles. The predicted molar refractivity (Wildman–Crippen MR) is 68.5 cm³/mol. The van der Waals surface area contributed by atoms with Crippen molar-refractivity contribution >= 4 is 5.91 Å². The number of hydrogen-bond donors (Lipinski definition) is 2. The Kier molecular flexibility index (Phi) is 6.10. The van der Waals surface area contributed by atoms with Crippen LogP contribution in [0.3, 0.4) is 0 Å². The van der Waals surface area contributed by atoms with Gasteiger partial charge < -0.3 is 15.4 Å². The van der Waals surface area contributed by atoms with Crippen molar-refractivity contribution in [3.8, 4) is 5.75 Å². The first-order chi connectivity index (χ1) is 8.27. The number of rotatable bonds is 7. The lowest BCUT2D eigenvalue weighted by atomic mass is 10.2. The zero-order chi connectivity index (χ0) is 12.5. The van der Waals surface area contributed by atoms with E-state index in [1.807, 2.05) is 26.1 Å². The zero-order valence-electron chi connectivity index (χ0n) is 10.5. The quantitative estimate of drug-likeness (QED) is 0.704. The summed E-state index contributed by atoms with van der Waals surface area (Å²) in [4.78, 5) is 11.7. The molecule has 1 aromatic rings. The lowest BCUT2D eigenvalue weighted by molar-refractivity contribution is 0.0953. The van der Waals surface area contributed by atoms with Gasteiger partial charge in [-0.3, -0.25) is 4.79 Å². The van der Waals surface area contributed by atoms with E-state index >= 15 is 0 Å². The molecule has 1 rings (SSSR count). The third-order valence-electron chi connectivity index (χ3n) is 2.32. The lowest BCUT2D eigenvalue weighted by Crippen LogP contribution is -2.26. The van der Waals surface area contributed by atoms with Crippen molar-refractivity contribution in [1.82, 2.24) is 10.6 Å². The molecule has 0 heterocycles. The molecule has 17 heavy (non-hydrogen) atoms. The topological polar surface area (TPSA) is 50.4 Å². The van der Waals surface area contributed by atoms with Gasteiger partial charge in [0.1, 0.15) is 5.75 Å². The fourth-order valence-corrected chi connectivity index (χ4v) is 1.44. The maximum Gasteiger partial charge on any atom is 0.251 e. The summed E-state index contributed by atoms with van der Waals surface area (Å²) in [7, 11) is 1.90. The second kappa shape index (κ2) is 7.68. The van der Waals surface area contributed by atoms with Crippen molar-refractivity contribution in [3.05, 3.63) is 29.8 Å². The van der Waals surface area contributed by atoms with Crippen LogP contribution >= 0.6 is 0 Å². The molecule has 0 saturated heterocycles. The molecule has 0 fully saturated rings. The van der Waals surface area contributed by atoms with Crippen molar-refractivity contribution in [2.75, 3.05) is 26.7 Å². The molecule has 4 nitrogen and oxygen atoms in total. The molecule has 0 saturated carbocycles. The number of hydrogen-bond acceptors (Lipinski definition) is 3. The highest BCUT2D eigenvalue weighted by atomic mass is 16.5. The predicted octanol–water partition coefficient (Wildman–Crippen LogP) is 1.42. The van der Waals surface area contributed by atoms with Crippen molar-refractivity contribution in [1.29, 1.82) is 0 Å². The van der Waals surface area contributed by atoms with E-state index in [1.54, 1.807) is 12.1 Å². The van der Waals surface area contributed by atoms with E-state index in [2.05, 4.69) is 10.6 Å². The minimum atomic E-state index is -0.0378. The number of carbonyl (C=O) groups is 1. The highest BCUT2D eigenvalue weighted by Gasteiger charge is 2.04. The van der Waals surface area contributed by atoms with Crippen LogP contribution in [0, 0.1) is 0 Å². The summed E-state index contributed by atoms with van der Waals surface area (Å²) in [5.74, 6) is 0.753. The summed E-state index contributed by atoms with van der Waals surface area (Å²) >= 11 is 0. The molecule has 0 spiro atoms. The molecule has 1 amide bonds. The van der Waals surface area contributed by atoms with E-state index in [4.69, 9.17) is 4.74 Å². The van der Waals surface area contributed by atoms with Gasteiger partial charge in [0.2, 0.25) is 0 Å². The minimum Gasteiger partial charge on any atom is -0.494 e. The Morgan fingerprint density at radius 2 is 1.94 bits per heavy atom. The van der Waals surface area contributed by atoms with E-state index < -0.39 is 0 Å². The molecular formula is C13H20N2O2. The summed E-state index contributed by atoms with van der Waals surface area (Å²) in [6, 6.07) is 7.18. The third-order valence-corrected chi connectivity index (χ3v) is 2.32. The van der Waals surface area contributed by atoms with Crippen LogP contribution in [-0.2, 0) is 0 Å². The van der Waals surface area contributed by atoms with Gasteiger partial charge in [0.25, 0.3) is 5.91 Å². The molecular weight excluding hydrogens is 216 g/mol. The van der Waals surface area contributed by atoms with Crippen LogP contribution in [0.4, 0.5) is 0 Å². The van der Waals surface area contributed by atoms with Crippen LogP contribution < -0.4 is 15.4 Å². The van der Waals surface area contributed by atoms with E-state index in [0.29, 0.717) is 18.7 Å². The fraction of sp³-hybridized carbons (Fsp3) is 0.462. The first-order valence-corrected chi connectivity index (χ1v) is 5.93. The molecule has 0 aliphatic rings. The monoisotopic (exact) mass is 236 g/mol. The molecule has 0 aromatic heterocycles. The van der Waals surface area contributed by atoms with Crippen molar-refractivity contribution in [2.45, 2.75) is 13.3 Å². The molecule has 0 bridgehead atoms. The molecule has 0 radical (unpaired) electrons. The van der Waals surface area contributed by atoms with Gasteiger partial charge in [-0.25, -0.2) is 0 Å². The standard InChI is InChI=1S/C13H20N2O2/c1-3-17-12-7-5-11(6-8-12)13(16)15-10-4-9-14-2/h5-8,14H,3-4,9-10H2,1-2H3,(H,15,16). The van der Waals surface area contributed by atoms with E-state index in [1.165, 1.54) is 0 Å². The Morgan fingerprint density at radius 3 is 2.53 bits per heavy atom. The van der Waals surface area contributed by atoms with Crippen LogP contribution in [0.2, 0.25) is 0 Å². The first kappa shape index (κ1) is 13.5. The molecule has 1 aromatic carbocycles. The van der Waals surface area contributed by atoms with Gasteiger partial charge in [-0.2, -0.15) is 0 Å². The molecule has 4 heteroatoms. The Morgan fingerprint density at radius 1 is 1.24 bits per heavy atom. The second-order valence-electron chi connectivity index (χ2n) is 3.67. The summed E-state index contributed by atoms with van der Waals surface area (Å²) in [5, 5.41) is 5.90. The van der Waals surface area contributed by atoms with Crippen LogP contribution in [0.1, 0.15) is 23.7 Å². The fourth-order valence-electron chi connectivity index (χ4n) is 1.44. The summed E-state index contributed by atoms with van der Waals surface area (Å²) in [6.45, 7) is 4.16. The van der Waals surface area contributed by atoms with Gasteiger partial charge in [-0.15, -0.1) is 0 Å². The molecule has 2 N–H and O–H groups in total. The van der Waals surface area contributed by atoms with Crippen molar-refractivity contribution in [3.63, 3.8) is 0 Å². The van der Waals surface area contributed by atoms with E-state index in [0.717, 1.165) is 18.7 Å². The Labute approximate surface area is 102 Å². The second-order valence-corrected chi connectivity index (χ2v) is 3.67. The van der Waals surface area contributed by atoms with Crippen LogP contribution in [-0.4, -0.2) is 32.7 Å². The number of carbonyl (C=O) groups excluding carboxylic acids is 1. The normalized spacial score (nSPS) is 10.0. The Hall–Kier alpha value is -1.55. The summed E-state index contributed by atoms with van der Waals surface area (Å²) in [6.07, 6.45) is 0.930. The number of nitrogens with one attached hydrogen (secondary N) is 2. The number of ether oxygens (including phenoxy) is 1. The maximum atomic E-state index is 11.7. The summed E-state index contributed by atoms with van der Waals surface area (Å²) in [5.41, 5.74) is 0.665. The smallest absolute Gasteiger partial charge is 0.251 e. The number of amides is 1. The van der Waals surface area contributed by atoms with E-state index in [-0.39, 0.29) is 5.91 Å². The van der Waals surface area contributed by atoms with Gasteiger partial charge in [0, 0.05) is 12.1 Å². The third kappa shape index (κ3) is 4.87. The summed E-state index contributed by atoms with van der Waals surface area (Å²) < 4.78 is 5.31. The zero-order valence-corrected chi connectivity index (χ0v) is 10.5. The van der Waals surface area contributed by atoms with Crippen molar-refractivity contribution in [2.24, 2.45) is 0 Å². The largest absolute Gasteiger partial charge is 0.494 e. The molecule has 0 atom stereocenters. The average Bonchev–Trinajstić information content (AvgIpc) is 2.36. The molecule has 0 aliphatic carbocycles. The Balaban J connectivity index is 2.40. The SMILES string of the molecule is CCOc1ccc(C(=O)NCCCNC)cc1. The lowest BCUT2D eigenvalue weighted by Gasteiger charge is -2.06.